The largest absolute Gasteiger partial charge is 0.573 e. The molecule has 0 radical (unpaired) electrons. The molecule has 2 fully saturated rings. The van der Waals surface area contributed by atoms with Crippen LogP contribution in [0.15, 0.2) is 42.5 Å². The van der Waals surface area contributed by atoms with Crippen LogP contribution in [0.25, 0.3) is 0 Å². The fourth-order valence-corrected chi connectivity index (χ4v) is 5.31. The highest BCUT2D eigenvalue weighted by Gasteiger charge is 2.36. The molecule has 4 atom stereocenters. The molecule has 2 aliphatic carbocycles. The Balaban J connectivity index is 1.37. The lowest BCUT2D eigenvalue weighted by Gasteiger charge is -2.42. The predicted octanol–water partition coefficient (Wildman–Crippen LogP) is 7.21. The molecule has 6 heteroatoms. The molecule has 0 aliphatic heterocycles. The Morgan fingerprint density at radius 3 is 2.33 bits per heavy atom. The SMILES string of the molecule is CCOC1CCC2CC(c3ccc(C#Cc4ccc(OC(F)(F)F)cc4F)cc3)CCC2C1. The van der Waals surface area contributed by atoms with Crippen LogP contribution < -0.4 is 4.74 Å². The Labute approximate surface area is 192 Å². The van der Waals surface area contributed by atoms with Gasteiger partial charge in [0.05, 0.1) is 11.7 Å². The summed E-state index contributed by atoms with van der Waals surface area (Å²) >= 11 is 0. The van der Waals surface area contributed by atoms with Crippen LogP contribution in [0.1, 0.15) is 68.1 Å². The first kappa shape index (κ1) is 23.6. The van der Waals surface area contributed by atoms with Crippen LogP contribution in [-0.2, 0) is 4.74 Å². The van der Waals surface area contributed by atoms with Gasteiger partial charge in [0.25, 0.3) is 0 Å². The standard InChI is InChI=1S/C27H28F4O2/c1-2-32-24-13-12-22-15-21(9-10-23(22)16-24)19-6-3-18(4-7-19)5-8-20-11-14-25(17-26(20)28)33-27(29,30)31/h3-4,6-7,11,14,17,21-24H,2,9-10,12-13,15-16H2,1H3. The van der Waals surface area contributed by atoms with Crippen molar-refractivity contribution in [1.82, 2.24) is 0 Å². The molecular weight excluding hydrogens is 432 g/mol. The van der Waals surface area contributed by atoms with Gasteiger partial charge in [-0.2, -0.15) is 0 Å². The van der Waals surface area contributed by atoms with Gasteiger partial charge in [0.1, 0.15) is 11.6 Å². The van der Waals surface area contributed by atoms with E-state index in [2.05, 4.69) is 35.6 Å². The van der Waals surface area contributed by atoms with E-state index in [1.54, 1.807) is 0 Å². The minimum absolute atomic E-state index is 0.0228. The lowest BCUT2D eigenvalue weighted by atomic mass is 9.65. The summed E-state index contributed by atoms with van der Waals surface area (Å²) in [6.45, 7) is 2.86. The van der Waals surface area contributed by atoms with Crippen molar-refractivity contribution in [3.05, 3.63) is 65.0 Å². The van der Waals surface area contributed by atoms with E-state index in [0.717, 1.165) is 36.5 Å². The second-order valence-corrected chi connectivity index (χ2v) is 8.98. The third-order valence-electron chi connectivity index (χ3n) is 6.87. The molecule has 0 spiro atoms. The number of halogens is 4. The highest BCUT2D eigenvalue weighted by molar-refractivity contribution is 5.46. The van der Waals surface area contributed by atoms with Crippen LogP contribution >= 0.6 is 0 Å². The van der Waals surface area contributed by atoms with Crippen molar-refractivity contribution >= 4 is 0 Å². The second kappa shape index (κ2) is 10.2. The van der Waals surface area contributed by atoms with Crippen molar-refractivity contribution in [2.24, 2.45) is 11.8 Å². The molecule has 2 aromatic carbocycles. The Bertz CT molecular complexity index is 1000. The number of ether oxygens (including phenoxy) is 2. The Morgan fingerprint density at radius 2 is 1.64 bits per heavy atom. The summed E-state index contributed by atoms with van der Waals surface area (Å²) in [7, 11) is 0. The fourth-order valence-electron chi connectivity index (χ4n) is 5.31. The van der Waals surface area contributed by atoms with Gasteiger partial charge in [-0.15, -0.1) is 13.2 Å². The van der Waals surface area contributed by atoms with Crippen molar-refractivity contribution in [1.29, 1.82) is 0 Å². The average Bonchev–Trinajstić information content (AvgIpc) is 2.78. The first-order valence-electron chi connectivity index (χ1n) is 11.6. The molecule has 176 valence electrons. The van der Waals surface area contributed by atoms with Gasteiger partial charge in [-0.3, -0.25) is 0 Å². The van der Waals surface area contributed by atoms with E-state index in [9.17, 15) is 17.6 Å². The molecule has 0 amide bonds. The first-order valence-corrected chi connectivity index (χ1v) is 11.6. The van der Waals surface area contributed by atoms with Gasteiger partial charge in [-0.1, -0.05) is 24.0 Å². The van der Waals surface area contributed by atoms with Gasteiger partial charge in [0.2, 0.25) is 0 Å². The molecule has 0 aromatic heterocycles. The fraction of sp³-hybridized carbons (Fsp3) is 0.481. The minimum Gasteiger partial charge on any atom is -0.406 e. The summed E-state index contributed by atoms with van der Waals surface area (Å²) in [5.74, 6) is 6.24. The zero-order chi connectivity index (χ0) is 23.4. The summed E-state index contributed by atoms with van der Waals surface area (Å²) < 4.78 is 60.4. The second-order valence-electron chi connectivity index (χ2n) is 8.98. The number of rotatable bonds is 4. The Hall–Kier alpha value is -2.52. The summed E-state index contributed by atoms with van der Waals surface area (Å²) in [5, 5.41) is 0. The molecule has 0 saturated heterocycles. The van der Waals surface area contributed by atoms with Gasteiger partial charge in [0.15, 0.2) is 0 Å². The van der Waals surface area contributed by atoms with Crippen LogP contribution in [0, 0.1) is 29.5 Å². The van der Waals surface area contributed by atoms with Crippen molar-refractivity contribution in [2.45, 2.75) is 63.8 Å². The molecule has 2 nitrogen and oxygen atoms in total. The quantitative estimate of drug-likeness (QED) is 0.354. The smallest absolute Gasteiger partial charge is 0.406 e. The van der Waals surface area contributed by atoms with E-state index in [-0.39, 0.29) is 5.56 Å². The number of hydrogen-bond acceptors (Lipinski definition) is 2. The Morgan fingerprint density at radius 1 is 0.909 bits per heavy atom. The number of alkyl halides is 3. The van der Waals surface area contributed by atoms with Crippen LogP contribution in [-0.4, -0.2) is 19.1 Å². The molecule has 2 aliphatic rings. The summed E-state index contributed by atoms with van der Waals surface area (Å²) in [6, 6.07) is 11.0. The lowest BCUT2D eigenvalue weighted by Crippen LogP contribution is -2.33. The van der Waals surface area contributed by atoms with E-state index in [4.69, 9.17) is 4.74 Å². The molecule has 0 heterocycles. The molecule has 2 aromatic rings. The zero-order valence-corrected chi connectivity index (χ0v) is 18.6. The molecule has 4 unspecified atom stereocenters. The summed E-state index contributed by atoms with van der Waals surface area (Å²) in [6.07, 6.45) is 2.82. The van der Waals surface area contributed by atoms with Crippen LogP contribution in [0.4, 0.5) is 17.6 Å². The van der Waals surface area contributed by atoms with Crippen molar-refractivity contribution < 1.29 is 27.0 Å². The van der Waals surface area contributed by atoms with E-state index in [0.29, 0.717) is 18.1 Å². The van der Waals surface area contributed by atoms with Gasteiger partial charge in [-0.05, 0) is 93.0 Å². The van der Waals surface area contributed by atoms with Crippen LogP contribution in [0.2, 0.25) is 0 Å². The minimum atomic E-state index is -4.86. The van der Waals surface area contributed by atoms with Crippen LogP contribution in [0.3, 0.4) is 0 Å². The van der Waals surface area contributed by atoms with Gasteiger partial charge in [0, 0.05) is 18.2 Å². The summed E-state index contributed by atoms with van der Waals surface area (Å²) in [5.41, 5.74) is 2.07. The molecule has 33 heavy (non-hydrogen) atoms. The predicted molar refractivity (Wildman–Crippen MR) is 118 cm³/mol. The van der Waals surface area contributed by atoms with Gasteiger partial charge >= 0.3 is 6.36 Å². The average molecular weight is 461 g/mol. The van der Waals surface area contributed by atoms with Crippen molar-refractivity contribution in [3.8, 4) is 17.6 Å². The molecule has 2 saturated carbocycles. The molecule has 0 bridgehead atoms. The Kier molecular flexibility index (Phi) is 7.29. The highest BCUT2D eigenvalue weighted by Crippen LogP contribution is 2.46. The maximum Gasteiger partial charge on any atom is 0.573 e. The molecule has 4 rings (SSSR count). The maximum atomic E-state index is 14.1. The molecular formula is C27H28F4O2. The van der Waals surface area contributed by atoms with E-state index < -0.39 is 17.9 Å². The summed E-state index contributed by atoms with van der Waals surface area (Å²) in [4.78, 5) is 0. The maximum absolute atomic E-state index is 14.1. The first-order chi connectivity index (χ1) is 15.8. The number of benzene rings is 2. The topological polar surface area (TPSA) is 18.5 Å². The van der Waals surface area contributed by atoms with Crippen LogP contribution in [0.5, 0.6) is 5.75 Å². The van der Waals surface area contributed by atoms with Crippen molar-refractivity contribution in [2.75, 3.05) is 6.61 Å². The van der Waals surface area contributed by atoms with Crippen molar-refractivity contribution in [3.63, 3.8) is 0 Å². The highest BCUT2D eigenvalue weighted by atomic mass is 19.4. The third kappa shape index (κ3) is 6.29. The number of hydrogen-bond donors (Lipinski definition) is 0. The third-order valence-corrected chi connectivity index (χ3v) is 6.87. The molecule has 0 N–H and O–H groups in total. The zero-order valence-electron chi connectivity index (χ0n) is 18.6. The van der Waals surface area contributed by atoms with E-state index >= 15 is 0 Å². The lowest BCUT2D eigenvalue weighted by molar-refractivity contribution is -0.274. The number of fused-ring (bicyclic) bond motifs is 1. The normalized spacial score (nSPS) is 25.0. The monoisotopic (exact) mass is 460 g/mol. The van der Waals surface area contributed by atoms with E-state index in [1.165, 1.54) is 43.7 Å². The van der Waals surface area contributed by atoms with Gasteiger partial charge < -0.3 is 9.47 Å². The van der Waals surface area contributed by atoms with Gasteiger partial charge in [-0.25, -0.2) is 4.39 Å². The van der Waals surface area contributed by atoms with E-state index in [1.807, 2.05) is 12.1 Å².